The van der Waals surface area contributed by atoms with Gasteiger partial charge in [-0.05, 0) is 6.42 Å². The molecule has 1 aromatic heterocycles. The summed E-state index contributed by atoms with van der Waals surface area (Å²) in [5.41, 5.74) is 1.09. The van der Waals surface area contributed by atoms with Gasteiger partial charge in [0.05, 0.1) is 25.9 Å². The Balaban J connectivity index is 1.89. The fourth-order valence-electron chi connectivity index (χ4n) is 2.25. The minimum Gasteiger partial charge on any atom is -0.383 e. The molecule has 0 aromatic carbocycles. The lowest BCUT2D eigenvalue weighted by Crippen LogP contribution is -2.46. The molecule has 1 unspecified atom stereocenters. The van der Waals surface area contributed by atoms with Crippen LogP contribution in [0.15, 0.2) is 12.4 Å². The second kappa shape index (κ2) is 8.14. The molecule has 2 rings (SSSR count). The first-order valence-corrected chi connectivity index (χ1v) is 7.20. The number of hydrogen-bond acceptors (Lipinski definition) is 6. The maximum atomic E-state index is 5.51. The summed E-state index contributed by atoms with van der Waals surface area (Å²) in [5.74, 6) is 0.806. The first-order valence-electron chi connectivity index (χ1n) is 7.20. The maximum absolute atomic E-state index is 5.51. The predicted octanol–water partition coefficient (Wildman–Crippen LogP) is 0.828. The van der Waals surface area contributed by atoms with Crippen LogP contribution in [0.4, 0.5) is 5.95 Å². The molecule has 0 aliphatic carbocycles. The van der Waals surface area contributed by atoms with Gasteiger partial charge in [0, 0.05) is 44.7 Å². The number of morpholine rings is 1. The van der Waals surface area contributed by atoms with Crippen LogP contribution in [0.2, 0.25) is 0 Å². The molecule has 0 bridgehead atoms. The highest BCUT2D eigenvalue weighted by Gasteiger charge is 2.23. The van der Waals surface area contributed by atoms with Crippen LogP contribution in [0.3, 0.4) is 0 Å². The Morgan fingerprint density at radius 2 is 2.25 bits per heavy atom. The highest BCUT2D eigenvalue weighted by Crippen LogP contribution is 2.16. The van der Waals surface area contributed by atoms with Gasteiger partial charge in [-0.25, -0.2) is 9.97 Å². The smallest absolute Gasteiger partial charge is 0.225 e. The van der Waals surface area contributed by atoms with E-state index in [0.29, 0.717) is 12.6 Å². The molecule has 112 valence electrons. The van der Waals surface area contributed by atoms with Gasteiger partial charge in [-0.2, -0.15) is 0 Å². The summed E-state index contributed by atoms with van der Waals surface area (Å²) in [5, 5.41) is 3.28. The Bertz CT molecular complexity index is 385. The van der Waals surface area contributed by atoms with E-state index in [2.05, 4.69) is 27.1 Å². The molecule has 0 radical (unpaired) electrons. The first-order chi connectivity index (χ1) is 9.85. The Labute approximate surface area is 120 Å². The second-order valence-corrected chi connectivity index (χ2v) is 4.89. The fraction of sp³-hybridized carbons (Fsp3) is 0.714. The van der Waals surface area contributed by atoms with E-state index in [1.807, 2.05) is 12.4 Å². The topological polar surface area (TPSA) is 59.5 Å². The first kappa shape index (κ1) is 15.2. The van der Waals surface area contributed by atoms with Gasteiger partial charge in [-0.15, -0.1) is 0 Å². The quantitative estimate of drug-likeness (QED) is 0.747. The number of anilines is 1. The van der Waals surface area contributed by atoms with E-state index >= 15 is 0 Å². The molecule has 0 saturated carbocycles. The third kappa shape index (κ3) is 4.13. The third-order valence-electron chi connectivity index (χ3n) is 3.46. The molecule has 6 nitrogen and oxygen atoms in total. The van der Waals surface area contributed by atoms with Gasteiger partial charge in [0.25, 0.3) is 0 Å². The molecule has 0 spiro atoms. The summed E-state index contributed by atoms with van der Waals surface area (Å²) in [6, 6.07) is 0.384. The van der Waals surface area contributed by atoms with Crippen molar-refractivity contribution in [3.05, 3.63) is 18.0 Å². The lowest BCUT2D eigenvalue weighted by Gasteiger charge is -2.35. The molecule has 1 aliphatic heterocycles. The van der Waals surface area contributed by atoms with Crippen molar-refractivity contribution in [2.75, 3.05) is 44.9 Å². The number of rotatable bonds is 7. The number of hydrogen-bond donors (Lipinski definition) is 1. The highest BCUT2D eigenvalue weighted by molar-refractivity contribution is 5.32. The van der Waals surface area contributed by atoms with Crippen LogP contribution in [-0.2, 0) is 16.0 Å². The summed E-state index contributed by atoms with van der Waals surface area (Å²) in [6.07, 6.45) is 4.83. The van der Waals surface area contributed by atoms with Crippen molar-refractivity contribution in [1.29, 1.82) is 0 Å². The van der Waals surface area contributed by atoms with Gasteiger partial charge in [-0.3, -0.25) is 0 Å². The fourth-order valence-corrected chi connectivity index (χ4v) is 2.25. The summed E-state index contributed by atoms with van der Waals surface area (Å²) in [6.45, 7) is 6.86. The minimum atomic E-state index is 0.384. The number of aromatic nitrogens is 2. The Morgan fingerprint density at radius 3 is 2.95 bits per heavy atom. The average Bonchev–Trinajstić information content (AvgIpc) is 2.52. The van der Waals surface area contributed by atoms with Crippen molar-refractivity contribution >= 4 is 5.95 Å². The Hall–Kier alpha value is -1.24. The van der Waals surface area contributed by atoms with Gasteiger partial charge in [0.1, 0.15) is 0 Å². The molecule has 0 amide bonds. The van der Waals surface area contributed by atoms with Crippen LogP contribution in [0.5, 0.6) is 0 Å². The monoisotopic (exact) mass is 280 g/mol. The van der Waals surface area contributed by atoms with E-state index in [0.717, 1.165) is 50.8 Å². The van der Waals surface area contributed by atoms with E-state index in [9.17, 15) is 0 Å². The van der Waals surface area contributed by atoms with E-state index in [1.165, 1.54) is 0 Å². The SMILES string of the molecule is CCC1COCCN1c1ncc(CNCCOC)cn1. The summed E-state index contributed by atoms with van der Waals surface area (Å²) in [7, 11) is 1.70. The Kier molecular flexibility index (Phi) is 6.17. The maximum Gasteiger partial charge on any atom is 0.225 e. The highest BCUT2D eigenvalue weighted by atomic mass is 16.5. The van der Waals surface area contributed by atoms with Crippen LogP contribution in [0, 0.1) is 0 Å². The standard InChI is InChI=1S/C14H24N4O2/c1-3-13-11-20-7-5-18(13)14-16-9-12(10-17-14)8-15-4-6-19-2/h9-10,13,15H,3-8,11H2,1-2H3. The van der Waals surface area contributed by atoms with Crippen molar-refractivity contribution in [2.24, 2.45) is 0 Å². The third-order valence-corrected chi connectivity index (χ3v) is 3.46. The van der Waals surface area contributed by atoms with Crippen molar-refractivity contribution in [3.63, 3.8) is 0 Å². The zero-order valence-corrected chi connectivity index (χ0v) is 12.3. The van der Waals surface area contributed by atoms with Crippen LogP contribution >= 0.6 is 0 Å². The number of methoxy groups -OCH3 is 1. The minimum absolute atomic E-state index is 0.384. The van der Waals surface area contributed by atoms with Gasteiger partial charge in [-0.1, -0.05) is 6.92 Å². The molecule has 1 saturated heterocycles. The van der Waals surface area contributed by atoms with Crippen molar-refractivity contribution in [1.82, 2.24) is 15.3 Å². The van der Waals surface area contributed by atoms with E-state index < -0.39 is 0 Å². The van der Waals surface area contributed by atoms with Crippen LogP contribution in [0.1, 0.15) is 18.9 Å². The Morgan fingerprint density at radius 1 is 1.45 bits per heavy atom. The molecular weight excluding hydrogens is 256 g/mol. The second-order valence-electron chi connectivity index (χ2n) is 4.89. The molecule has 1 aliphatic rings. The lowest BCUT2D eigenvalue weighted by molar-refractivity contribution is 0.0921. The molecule has 2 heterocycles. The van der Waals surface area contributed by atoms with E-state index in [4.69, 9.17) is 9.47 Å². The van der Waals surface area contributed by atoms with Gasteiger partial charge < -0.3 is 19.7 Å². The molecule has 1 aromatic rings. The lowest BCUT2D eigenvalue weighted by atomic mass is 10.2. The van der Waals surface area contributed by atoms with Gasteiger partial charge in [0.15, 0.2) is 0 Å². The number of nitrogens with zero attached hydrogens (tertiary/aromatic N) is 3. The summed E-state index contributed by atoms with van der Waals surface area (Å²) >= 11 is 0. The molecule has 1 N–H and O–H groups in total. The summed E-state index contributed by atoms with van der Waals surface area (Å²) < 4.78 is 10.5. The van der Waals surface area contributed by atoms with Crippen molar-refractivity contribution in [2.45, 2.75) is 25.9 Å². The van der Waals surface area contributed by atoms with Gasteiger partial charge >= 0.3 is 0 Å². The molecule has 1 atom stereocenters. The normalized spacial score (nSPS) is 19.3. The molecular formula is C14H24N4O2. The summed E-state index contributed by atoms with van der Waals surface area (Å²) in [4.78, 5) is 11.2. The molecule has 1 fully saturated rings. The zero-order chi connectivity index (χ0) is 14.2. The zero-order valence-electron chi connectivity index (χ0n) is 12.3. The van der Waals surface area contributed by atoms with Crippen LogP contribution < -0.4 is 10.2 Å². The van der Waals surface area contributed by atoms with Crippen LogP contribution in [0.25, 0.3) is 0 Å². The van der Waals surface area contributed by atoms with E-state index in [-0.39, 0.29) is 0 Å². The predicted molar refractivity (Wildman–Crippen MR) is 77.9 cm³/mol. The number of ether oxygens (including phenoxy) is 2. The van der Waals surface area contributed by atoms with Crippen molar-refractivity contribution < 1.29 is 9.47 Å². The van der Waals surface area contributed by atoms with Gasteiger partial charge in [0.2, 0.25) is 5.95 Å². The van der Waals surface area contributed by atoms with Crippen molar-refractivity contribution in [3.8, 4) is 0 Å². The van der Waals surface area contributed by atoms with Crippen LogP contribution in [-0.4, -0.2) is 56.0 Å². The van der Waals surface area contributed by atoms with E-state index in [1.54, 1.807) is 7.11 Å². The molecule has 6 heteroatoms. The number of nitrogens with one attached hydrogen (secondary N) is 1. The average molecular weight is 280 g/mol. The molecule has 20 heavy (non-hydrogen) atoms. The largest absolute Gasteiger partial charge is 0.383 e.